The summed E-state index contributed by atoms with van der Waals surface area (Å²) >= 11 is 5.42. The summed E-state index contributed by atoms with van der Waals surface area (Å²) in [4.78, 5) is 0. The van der Waals surface area contributed by atoms with Crippen LogP contribution in [0.25, 0.3) is 0 Å². The molecule has 0 aliphatic heterocycles. The predicted molar refractivity (Wildman–Crippen MR) is 67.0 cm³/mol. The molecule has 0 radical (unpaired) electrons. The number of hydrogen-bond donors (Lipinski definition) is 0. The van der Waals surface area contributed by atoms with Crippen LogP contribution in [0.15, 0.2) is 30.3 Å². The van der Waals surface area contributed by atoms with Gasteiger partial charge in [0, 0.05) is 13.1 Å². The number of hydrogen-bond acceptors (Lipinski definition) is 2. The van der Waals surface area contributed by atoms with Gasteiger partial charge in [-0.25, -0.2) is 12.7 Å². The van der Waals surface area contributed by atoms with E-state index >= 15 is 0 Å². The number of likely N-dealkylation sites (N-methyl/N-ethyl adjacent to an activating group) is 1. The maximum atomic E-state index is 11.5. The second-order valence-corrected chi connectivity index (χ2v) is 6.00. The van der Waals surface area contributed by atoms with Crippen molar-refractivity contribution in [3.05, 3.63) is 35.9 Å². The van der Waals surface area contributed by atoms with Crippen LogP contribution < -0.4 is 0 Å². The van der Waals surface area contributed by atoms with Crippen LogP contribution in [0.3, 0.4) is 0 Å². The van der Waals surface area contributed by atoms with E-state index in [2.05, 4.69) is 0 Å². The first-order valence-corrected chi connectivity index (χ1v) is 7.32. The average molecular weight is 262 g/mol. The normalized spacial score (nSPS) is 11.9. The van der Waals surface area contributed by atoms with Gasteiger partial charge in [-0.15, -0.1) is 11.6 Å². The second-order valence-electron chi connectivity index (χ2n) is 3.45. The quantitative estimate of drug-likeness (QED) is 0.736. The van der Waals surface area contributed by atoms with Crippen LogP contribution in [-0.2, 0) is 16.4 Å². The Labute approximate surface area is 102 Å². The molecule has 0 atom stereocenters. The number of benzene rings is 1. The third-order valence-electron chi connectivity index (χ3n) is 2.38. The molecule has 16 heavy (non-hydrogen) atoms. The summed E-state index contributed by atoms with van der Waals surface area (Å²) in [5.74, 6) is 0. The lowest BCUT2D eigenvalue weighted by atomic mass is 10.1. The van der Waals surface area contributed by atoms with Crippen LogP contribution >= 0.6 is 11.6 Å². The molecule has 90 valence electrons. The Morgan fingerprint density at radius 2 is 1.88 bits per heavy atom. The largest absolute Gasteiger partial charge is 0.228 e. The van der Waals surface area contributed by atoms with E-state index < -0.39 is 10.0 Å². The van der Waals surface area contributed by atoms with E-state index in [0.29, 0.717) is 19.5 Å². The molecule has 0 heterocycles. The summed E-state index contributed by atoms with van der Waals surface area (Å²) in [5, 5.41) is -0.352. The molecule has 0 saturated heterocycles. The van der Waals surface area contributed by atoms with E-state index in [9.17, 15) is 8.42 Å². The zero-order valence-corrected chi connectivity index (χ0v) is 10.8. The molecule has 0 aliphatic rings. The smallest absolute Gasteiger partial charge is 0.211 e. The highest BCUT2D eigenvalue weighted by Crippen LogP contribution is 2.07. The van der Waals surface area contributed by atoms with Crippen LogP contribution in [0.2, 0.25) is 0 Å². The van der Waals surface area contributed by atoms with Crippen LogP contribution in [0.1, 0.15) is 12.5 Å². The van der Waals surface area contributed by atoms with Crippen molar-refractivity contribution in [1.29, 1.82) is 0 Å². The molecule has 1 aromatic rings. The van der Waals surface area contributed by atoms with E-state index in [4.69, 9.17) is 11.6 Å². The Morgan fingerprint density at radius 1 is 1.25 bits per heavy atom. The van der Waals surface area contributed by atoms with Crippen molar-refractivity contribution in [3.8, 4) is 0 Å². The van der Waals surface area contributed by atoms with Crippen LogP contribution in [0, 0.1) is 0 Å². The summed E-state index contributed by atoms with van der Waals surface area (Å²) < 4.78 is 24.5. The lowest BCUT2D eigenvalue weighted by Gasteiger charge is -2.18. The molecule has 0 N–H and O–H groups in total. The predicted octanol–water partition coefficient (Wildman–Crippen LogP) is 2.08. The number of alkyl halides is 1. The van der Waals surface area contributed by atoms with Gasteiger partial charge < -0.3 is 0 Å². The number of nitrogens with zero attached hydrogens (tertiary/aromatic N) is 1. The maximum Gasteiger partial charge on any atom is 0.228 e. The molecule has 0 amide bonds. The highest BCUT2D eigenvalue weighted by Gasteiger charge is 2.18. The van der Waals surface area contributed by atoms with Gasteiger partial charge in [-0.05, 0) is 12.0 Å². The lowest BCUT2D eigenvalue weighted by molar-refractivity contribution is 0.434. The van der Waals surface area contributed by atoms with Crippen molar-refractivity contribution < 1.29 is 8.42 Å². The van der Waals surface area contributed by atoms with Crippen molar-refractivity contribution in [2.75, 3.05) is 18.3 Å². The van der Waals surface area contributed by atoms with E-state index in [1.165, 1.54) is 4.31 Å². The Hall–Kier alpha value is -0.580. The molecule has 1 aromatic carbocycles. The third kappa shape index (κ3) is 3.77. The summed E-state index contributed by atoms with van der Waals surface area (Å²) in [6.45, 7) is 2.76. The van der Waals surface area contributed by atoms with Crippen molar-refractivity contribution in [2.24, 2.45) is 0 Å². The summed E-state index contributed by atoms with van der Waals surface area (Å²) in [5.41, 5.74) is 1.13. The van der Waals surface area contributed by atoms with E-state index in [0.717, 1.165) is 5.56 Å². The van der Waals surface area contributed by atoms with Gasteiger partial charge in [-0.1, -0.05) is 37.3 Å². The van der Waals surface area contributed by atoms with Crippen molar-refractivity contribution in [3.63, 3.8) is 0 Å². The molecular formula is C11H16ClNO2S. The zero-order chi connectivity index (χ0) is 12.0. The highest BCUT2D eigenvalue weighted by molar-refractivity contribution is 7.90. The summed E-state index contributed by atoms with van der Waals surface area (Å²) in [6.07, 6.45) is 0.713. The van der Waals surface area contributed by atoms with Crippen LogP contribution in [0.4, 0.5) is 0 Å². The molecule has 0 aromatic heterocycles. The van der Waals surface area contributed by atoms with Gasteiger partial charge in [0.05, 0.1) is 0 Å². The minimum absolute atomic E-state index is 0.352. The molecule has 3 nitrogen and oxygen atoms in total. The van der Waals surface area contributed by atoms with Crippen molar-refractivity contribution in [1.82, 2.24) is 4.31 Å². The maximum absolute atomic E-state index is 11.5. The van der Waals surface area contributed by atoms with Gasteiger partial charge in [-0.2, -0.15) is 0 Å². The topological polar surface area (TPSA) is 37.4 Å². The fourth-order valence-electron chi connectivity index (χ4n) is 1.46. The van der Waals surface area contributed by atoms with Crippen molar-refractivity contribution >= 4 is 21.6 Å². The molecule has 0 saturated carbocycles. The fourth-order valence-corrected chi connectivity index (χ4v) is 2.78. The summed E-state index contributed by atoms with van der Waals surface area (Å²) in [7, 11) is -3.28. The SMILES string of the molecule is CCN(CCc1ccccc1)S(=O)(=O)CCl. The Kier molecular flexibility index (Phi) is 5.25. The second kappa shape index (κ2) is 6.23. The van der Waals surface area contributed by atoms with E-state index in [-0.39, 0.29) is 5.21 Å². The Morgan fingerprint density at radius 3 is 2.38 bits per heavy atom. The van der Waals surface area contributed by atoms with Crippen LogP contribution in [0.5, 0.6) is 0 Å². The molecule has 0 spiro atoms. The highest BCUT2D eigenvalue weighted by atomic mass is 35.5. The van der Waals surface area contributed by atoms with Gasteiger partial charge in [-0.3, -0.25) is 0 Å². The molecule has 0 bridgehead atoms. The number of sulfonamides is 1. The van der Waals surface area contributed by atoms with Gasteiger partial charge >= 0.3 is 0 Å². The van der Waals surface area contributed by atoms with Crippen LogP contribution in [-0.4, -0.2) is 31.0 Å². The third-order valence-corrected chi connectivity index (χ3v) is 4.71. The molecule has 5 heteroatoms. The molecule has 0 unspecified atom stereocenters. The molecule has 0 aliphatic carbocycles. The number of rotatable bonds is 6. The lowest BCUT2D eigenvalue weighted by Crippen LogP contribution is -2.33. The first kappa shape index (κ1) is 13.5. The molecule has 0 fully saturated rings. The Bertz CT molecular complexity index is 405. The first-order valence-electron chi connectivity index (χ1n) is 5.18. The van der Waals surface area contributed by atoms with E-state index in [1.54, 1.807) is 0 Å². The zero-order valence-electron chi connectivity index (χ0n) is 9.27. The van der Waals surface area contributed by atoms with Gasteiger partial charge in [0.25, 0.3) is 0 Å². The molecule has 1 rings (SSSR count). The number of halogens is 1. The summed E-state index contributed by atoms with van der Waals surface area (Å²) in [6, 6.07) is 9.81. The molecular weight excluding hydrogens is 246 g/mol. The van der Waals surface area contributed by atoms with Gasteiger partial charge in [0.15, 0.2) is 0 Å². The minimum atomic E-state index is -3.28. The first-order chi connectivity index (χ1) is 7.60. The standard InChI is InChI=1S/C11H16ClNO2S/c1-2-13(16(14,15)10-12)9-8-11-6-4-3-5-7-11/h3-7H,2,8-10H2,1H3. The minimum Gasteiger partial charge on any atom is -0.211 e. The van der Waals surface area contributed by atoms with Gasteiger partial charge in [0.1, 0.15) is 5.21 Å². The monoisotopic (exact) mass is 261 g/mol. The van der Waals surface area contributed by atoms with E-state index in [1.807, 2.05) is 37.3 Å². The van der Waals surface area contributed by atoms with Crippen molar-refractivity contribution in [2.45, 2.75) is 13.3 Å². The fraction of sp³-hybridized carbons (Fsp3) is 0.455. The van der Waals surface area contributed by atoms with Gasteiger partial charge in [0.2, 0.25) is 10.0 Å². The Balaban J connectivity index is 2.60. The average Bonchev–Trinajstić information content (AvgIpc) is 2.31.